The number of phenolic OH excluding ortho intramolecular Hbond substituents is 1. The molecule has 0 saturated heterocycles. The number of hydrazone groups is 1. The number of hydrogen-bond donors (Lipinski definition) is 2. The van der Waals surface area contributed by atoms with Gasteiger partial charge in [0, 0.05) is 17.2 Å². The molecule has 0 heterocycles. The maximum absolute atomic E-state index is 12.2. The highest BCUT2D eigenvalue weighted by atomic mass is 16.5. The Kier molecular flexibility index (Phi) is 6.26. The van der Waals surface area contributed by atoms with Crippen LogP contribution in [-0.4, -0.2) is 45.7 Å². The van der Waals surface area contributed by atoms with Crippen molar-refractivity contribution in [1.29, 1.82) is 0 Å². The van der Waals surface area contributed by atoms with Crippen LogP contribution in [0.25, 0.3) is 0 Å². The molecule has 8 nitrogen and oxygen atoms in total. The molecule has 138 valence electrons. The van der Waals surface area contributed by atoms with Crippen LogP contribution in [0.5, 0.6) is 28.7 Å². The maximum atomic E-state index is 12.2. The van der Waals surface area contributed by atoms with E-state index in [9.17, 15) is 9.90 Å². The molecule has 0 spiro atoms. The minimum absolute atomic E-state index is 0.111. The SMILES string of the molecule is COc1cc(OC)cc(C(=O)NN=Cc2cc(OC)c(O)c(OC)c2)c1. The van der Waals surface area contributed by atoms with Crippen molar-refractivity contribution in [3.63, 3.8) is 0 Å². The van der Waals surface area contributed by atoms with E-state index in [2.05, 4.69) is 10.5 Å². The number of carbonyl (C=O) groups excluding carboxylic acids is 1. The predicted molar refractivity (Wildman–Crippen MR) is 95.8 cm³/mol. The Hall–Kier alpha value is -3.42. The largest absolute Gasteiger partial charge is 0.502 e. The van der Waals surface area contributed by atoms with E-state index in [1.54, 1.807) is 30.3 Å². The zero-order chi connectivity index (χ0) is 19.1. The van der Waals surface area contributed by atoms with Gasteiger partial charge in [0.2, 0.25) is 5.75 Å². The lowest BCUT2D eigenvalue weighted by atomic mass is 10.2. The maximum Gasteiger partial charge on any atom is 0.271 e. The van der Waals surface area contributed by atoms with E-state index in [-0.39, 0.29) is 17.2 Å². The summed E-state index contributed by atoms with van der Waals surface area (Å²) in [7, 11) is 5.85. The second kappa shape index (κ2) is 8.61. The van der Waals surface area contributed by atoms with Gasteiger partial charge in [-0.05, 0) is 24.3 Å². The topological polar surface area (TPSA) is 98.6 Å². The number of methoxy groups -OCH3 is 4. The molecule has 0 fully saturated rings. The Morgan fingerprint density at radius 3 is 1.92 bits per heavy atom. The van der Waals surface area contributed by atoms with E-state index in [0.717, 1.165) is 0 Å². The van der Waals surface area contributed by atoms with Gasteiger partial charge in [0.1, 0.15) is 11.5 Å². The highest BCUT2D eigenvalue weighted by Crippen LogP contribution is 2.36. The van der Waals surface area contributed by atoms with Crippen LogP contribution in [0.4, 0.5) is 0 Å². The molecule has 2 aromatic carbocycles. The van der Waals surface area contributed by atoms with Gasteiger partial charge in [-0.3, -0.25) is 4.79 Å². The van der Waals surface area contributed by atoms with Crippen molar-refractivity contribution in [3.05, 3.63) is 41.5 Å². The molecule has 8 heteroatoms. The second-order valence-electron chi connectivity index (χ2n) is 5.07. The summed E-state index contributed by atoms with van der Waals surface area (Å²) in [6.07, 6.45) is 1.40. The third kappa shape index (κ3) is 4.35. The van der Waals surface area contributed by atoms with Crippen LogP contribution in [0, 0.1) is 0 Å². The molecule has 2 aromatic rings. The Morgan fingerprint density at radius 2 is 1.46 bits per heavy atom. The molecule has 0 radical (unpaired) electrons. The van der Waals surface area contributed by atoms with Crippen molar-refractivity contribution < 1.29 is 28.8 Å². The molecule has 2 N–H and O–H groups in total. The van der Waals surface area contributed by atoms with E-state index in [1.807, 2.05) is 0 Å². The molecule has 0 saturated carbocycles. The Balaban J connectivity index is 2.17. The molecular weight excluding hydrogens is 340 g/mol. The van der Waals surface area contributed by atoms with Crippen LogP contribution in [0.1, 0.15) is 15.9 Å². The lowest BCUT2D eigenvalue weighted by Crippen LogP contribution is -2.17. The van der Waals surface area contributed by atoms with Crippen molar-refractivity contribution in [2.24, 2.45) is 5.10 Å². The molecule has 0 bridgehead atoms. The summed E-state index contributed by atoms with van der Waals surface area (Å²) in [5.41, 5.74) is 3.32. The number of ether oxygens (including phenoxy) is 4. The fourth-order valence-electron chi connectivity index (χ4n) is 2.16. The average molecular weight is 360 g/mol. The molecule has 0 atom stereocenters. The number of hydrogen-bond acceptors (Lipinski definition) is 7. The first kappa shape index (κ1) is 18.9. The third-order valence-corrected chi connectivity index (χ3v) is 3.50. The van der Waals surface area contributed by atoms with Crippen LogP contribution in [0.3, 0.4) is 0 Å². The predicted octanol–water partition coefficient (Wildman–Crippen LogP) is 2.19. The number of benzene rings is 2. The number of carbonyl (C=O) groups is 1. The summed E-state index contributed by atoms with van der Waals surface area (Å²) in [6.45, 7) is 0. The standard InChI is InChI=1S/C18H20N2O6/c1-23-13-7-12(8-14(9-13)24-2)18(22)20-19-10-11-5-15(25-3)17(21)16(6-11)26-4/h5-10,21H,1-4H3,(H,20,22). The van der Waals surface area contributed by atoms with Crippen LogP contribution < -0.4 is 24.4 Å². The third-order valence-electron chi connectivity index (χ3n) is 3.50. The van der Waals surface area contributed by atoms with E-state index in [4.69, 9.17) is 18.9 Å². The van der Waals surface area contributed by atoms with Crippen LogP contribution in [-0.2, 0) is 0 Å². The lowest BCUT2D eigenvalue weighted by molar-refractivity contribution is 0.0954. The fraction of sp³-hybridized carbons (Fsp3) is 0.222. The Morgan fingerprint density at radius 1 is 0.923 bits per heavy atom. The molecule has 0 aliphatic carbocycles. The molecule has 2 rings (SSSR count). The highest BCUT2D eigenvalue weighted by Gasteiger charge is 2.11. The molecule has 0 unspecified atom stereocenters. The Bertz CT molecular complexity index is 772. The first-order chi connectivity index (χ1) is 12.5. The van der Waals surface area contributed by atoms with Gasteiger partial charge in [-0.1, -0.05) is 0 Å². The second-order valence-corrected chi connectivity index (χ2v) is 5.07. The number of nitrogens with one attached hydrogen (secondary N) is 1. The monoisotopic (exact) mass is 360 g/mol. The highest BCUT2D eigenvalue weighted by molar-refractivity contribution is 5.95. The summed E-state index contributed by atoms with van der Waals surface area (Å²) in [5.74, 6) is 0.901. The number of nitrogens with zero attached hydrogens (tertiary/aromatic N) is 1. The molecule has 0 aliphatic rings. The van der Waals surface area contributed by atoms with Crippen LogP contribution in [0.15, 0.2) is 35.4 Å². The number of amides is 1. The molecular formula is C18H20N2O6. The smallest absolute Gasteiger partial charge is 0.271 e. The summed E-state index contributed by atoms with van der Waals surface area (Å²) in [4.78, 5) is 12.2. The number of rotatable bonds is 7. The van der Waals surface area contributed by atoms with Crippen molar-refractivity contribution in [3.8, 4) is 28.7 Å². The molecule has 0 aromatic heterocycles. The molecule has 0 aliphatic heterocycles. The zero-order valence-electron chi connectivity index (χ0n) is 14.9. The lowest BCUT2D eigenvalue weighted by Gasteiger charge is -2.09. The van der Waals surface area contributed by atoms with Gasteiger partial charge in [0.15, 0.2) is 11.5 Å². The van der Waals surface area contributed by atoms with Gasteiger partial charge in [-0.15, -0.1) is 0 Å². The van der Waals surface area contributed by atoms with E-state index < -0.39 is 5.91 Å². The van der Waals surface area contributed by atoms with Gasteiger partial charge in [-0.2, -0.15) is 5.10 Å². The van der Waals surface area contributed by atoms with Crippen molar-refractivity contribution in [2.45, 2.75) is 0 Å². The number of aromatic hydroxyl groups is 1. The van der Waals surface area contributed by atoms with Crippen molar-refractivity contribution >= 4 is 12.1 Å². The van der Waals surface area contributed by atoms with Gasteiger partial charge >= 0.3 is 0 Å². The van der Waals surface area contributed by atoms with Gasteiger partial charge < -0.3 is 24.1 Å². The van der Waals surface area contributed by atoms with Crippen molar-refractivity contribution in [2.75, 3.05) is 28.4 Å². The van der Waals surface area contributed by atoms with E-state index in [1.165, 1.54) is 34.7 Å². The van der Waals surface area contributed by atoms with Gasteiger partial charge in [0.25, 0.3) is 5.91 Å². The normalized spacial score (nSPS) is 10.5. The zero-order valence-corrected chi connectivity index (χ0v) is 14.9. The minimum atomic E-state index is -0.434. The summed E-state index contributed by atoms with van der Waals surface area (Å²) >= 11 is 0. The van der Waals surface area contributed by atoms with E-state index in [0.29, 0.717) is 22.6 Å². The first-order valence-corrected chi connectivity index (χ1v) is 7.53. The summed E-state index contributed by atoms with van der Waals surface area (Å²) < 4.78 is 20.4. The summed E-state index contributed by atoms with van der Waals surface area (Å²) in [6, 6.07) is 7.92. The van der Waals surface area contributed by atoms with Gasteiger partial charge in [0.05, 0.1) is 34.7 Å². The Labute approximate surface area is 151 Å². The van der Waals surface area contributed by atoms with Crippen LogP contribution >= 0.6 is 0 Å². The number of phenols is 1. The molecule has 26 heavy (non-hydrogen) atoms. The van der Waals surface area contributed by atoms with Crippen LogP contribution in [0.2, 0.25) is 0 Å². The van der Waals surface area contributed by atoms with Crippen molar-refractivity contribution in [1.82, 2.24) is 5.43 Å². The summed E-state index contributed by atoms with van der Waals surface area (Å²) in [5, 5.41) is 13.8. The fourth-order valence-corrected chi connectivity index (χ4v) is 2.16. The van der Waals surface area contributed by atoms with E-state index >= 15 is 0 Å². The average Bonchev–Trinajstić information content (AvgIpc) is 2.68. The first-order valence-electron chi connectivity index (χ1n) is 7.53. The van der Waals surface area contributed by atoms with Gasteiger partial charge in [-0.25, -0.2) is 5.43 Å². The quantitative estimate of drug-likeness (QED) is 0.580. The molecule has 1 amide bonds. The minimum Gasteiger partial charge on any atom is -0.502 e.